The van der Waals surface area contributed by atoms with Gasteiger partial charge in [-0.25, -0.2) is 0 Å². The number of fused-ring (bicyclic) bond motifs is 1. The summed E-state index contributed by atoms with van der Waals surface area (Å²) in [5, 5.41) is 9.16. The van der Waals surface area contributed by atoms with Crippen molar-refractivity contribution in [1.29, 1.82) is 0 Å². The lowest BCUT2D eigenvalue weighted by atomic mass is 10.1. The lowest BCUT2D eigenvalue weighted by molar-refractivity contribution is 0.454. The minimum atomic E-state index is 0.0114. The van der Waals surface area contributed by atoms with Gasteiger partial charge in [0.1, 0.15) is 5.82 Å². The lowest BCUT2D eigenvalue weighted by Gasteiger charge is -2.20. The number of nitrogens with two attached hydrogens (primary N) is 1. The van der Waals surface area contributed by atoms with Gasteiger partial charge in [-0.05, 0) is 37.1 Å². The fraction of sp³-hybridized carbons (Fsp3) is 0.333. The summed E-state index contributed by atoms with van der Waals surface area (Å²) >= 11 is 5.88. The molecule has 0 amide bonds. The zero-order valence-electron chi connectivity index (χ0n) is 9.31. The van der Waals surface area contributed by atoms with Crippen molar-refractivity contribution in [2.45, 2.75) is 25.4 Å². The van der Waals surface area contributed by atoms with Gasteiger partial charge in [0.2, 0.25) is 0 Å². The second kappa shape index (κ2) is 4.13. The maximum absolute atomic E-state index is 6.02. The maximum atomic E-state index is 6.02. The Labute approximate surface area is 104 Å². The van der Waals surface area contributed by atoms with Crippen LogP contribution in [0.15, 0.2) is 24.3 Å². The van der Waals surface area contributed by atoms with Crippen LogP contribution in [0.2, 0.25) is 5.02 Å². The summed E-state index contributed by atoms with van der Waals surface area (Å²) in [5.41, 5.74) is 7.05. The maximum Gasteiger partial charge on any atom is 0.164 e. The molecule has 1 unspecified atom stereocenters. The first-order valence-electron chi connectivity index (χ1n) is 5.70. The van der Waals surface area contributed by atoms with Gasteiger partial charge in [-0.1, -0.05) is 11.6 Å². The number of nitrogens with zero attached hydrogens (tertiary/aromatic N) is 3. The smallest absolute Gasteiger partial charge is 0.164 e. The zero-order valence-corrected chi connectivity index (χ0v) is 10.1. The van der Waals surface area contributed by atoms with E-state index in [1.54, 1.807) is 0 Å². The second-order valence-electron chi connectivity index (χ2n) is 4.29. The number of benzene rings is 1. The van der Waals surface area contributed by atoms with E-state index in [9.17, 15) is 0 Å². The Morgan fingerprint density at radius 3 is 2.76 bits per heavy atom. The molecular weight excluding hydrogens is 236 g/mol. The van der Waals surface area contributed by atoms with Crippen LogP contribution in [0.1, 0.15) is 24.7 Å². The summed E-state index contributed by atoms with van der Waals surface area (Å²) in [7, 11) is 0. The molecule has 2 aromatic rings. The van der Waals surface area contributed by atoms with Crippen LogP contribution in [0.4, 0.5) is 0 Å². The molecule has 5 heteroatoms. The molecule has 0 radical (unpaired) electrons. The molecule has 3 rings (SSSR count). The van der Waals surface area contributed by atoms with Crippen LogP contribution in [0.25, 0.3) is 11.4 Å². The summed E-state index contributed by atoms with van der Waals surface area (Å²) in [5.74, 6) is 1.77. The number of rotatable bonds is 1. The molecule has 0 spiro atoms. The van der Waals surface area contributed by atoms with Gasteiger partial charge in [-0.2, -0.15) is 0 Å². The van der Waals surface area contributed by atoms with Gasteiger partial charge in [0.05, 0.1) is 6.04 Å². The fourth-order valence-corrected chi connectivity index (χ4v) is 2.35. The topological polar surface area (TPSA) is 56.7 Å². The van der Waals surface area contributed by atoms with Gasteiger partial charge in [0, 0.05) is 17.1 Å². The molecule has 1 atom stereocenters. The predicted molar refractivity (Wildman–Crippen MR) is 66.6 cm³/mol. The second-order valence-corrected chi connectivity index (χ2v) is 4.73. The third kappa shape index (κ3) is 1.83. The summed E-state index contributed by atoms with van der Waals surface area (Å²) in [6.07, 6.45) is 2.06. The molecule has 1 aromatic carbocycles. The highest BCUT2D eigenvalue weighted by molar-refractivity contribution is 6.30. The standard InChI is InChI=1S/C12H13ClN4/c13-9-5-3-8(4-6-9)11-15-16-12-10(14)2-1-7-17(11)12/h3-6,10H,1-2,7,14H2. The van der Waals surface area contributed by atoms with Crippen LogP contribution in [-0.4, -0.2) is 14.8 Å². The first-order valence-corrected chi connectivity index (χ1v) is 6.08. The van der Waals surface area contributed by atoms with Crippen molar-refractivity contribution in [3.63, 3.8) is 0 Å². The average Bonchev–Trinajstić information content (AvgIpc) is 2.75. The summed E-state index contributed by atoms with van der Waals surface area (Å²) < 4.78 is 2.11. The van der Waals surface area contributed by atoms with Crippen LogP contribution < -0.4 is 5.73 Å². The van der Waals surface area contributed by atoms with Crippen LogP contribution >= 0.6 is 11.6 Å². The van der Waals surface area contributed by atoms with E-state index in [0.717, 1.165) is 41.6 Å². The molecule has 0 fully saturated rings. The van der Waals surface area contributed by atoms with Crippen molar-refractivity contribution < 1.29 is 0 Å². The van der Waals surface area contributed by atoms with E-state index in [1.165, 1.54) is 0 Å². The number of hydrogen-bond donors (Lipinski definition) is 1. The molecular formula is C12H13ClN4. The number of aromatic nitrogens is 3. The largest absolute Gasteiger partial charge is 0.321 e. The van der Waals surface area contributed by atoms with E-state index in [0.29, 0.717) is 0 Å². The monoisotopic (exact) mass is 248 g/mol. The molecule has 88 valence electrons. The van der Waals surface area contributed by atoms with Gasteiger partial charge in [0.15, 0.2) is 5.82 Å². The van der Waals surface area contributed by atoms with Gasteiger partial charge in [-0.3, -0.25) is 0 Å². The Morgan fingerprint density at radius 2 is 2.00 bits per heavy atom. The van der Waals surface area contributed by atoms with Crippen molar-refractivity contribution in [1.82, 2.24) is 14.8 Å². The van der Waals surface area contributed by atoms with Crippen LogP contribution in [0, 0.1) is 0 Å². The minimum Gasteiger partial charge on any atom is -0.321 e. The van der Waals surface area contributed by atoms with Crippen molar-refractivity contribution in [3.05, 3.63) is 35.1 Å². The van der Waals surface area contributed by atoms with Gasteiger partial charge in [-0.15, -0.1) is 10.2 Å². The van der Waals surface area contributed by atoms with Crippen molar-refractivity contribution in [2.24, 2.45) is 5.73 Å². The Hall–Kier alpha value is -1.39. The summed E-state index contributed by atoms with van der Waals surface area (Å²) in [6.45, 7) is 0.938. The Bertz CT molecular complexity index is 532. The molecule has 0 saturated carbocycles. The summed E-state index contributed by atoms with van der Waals surface area (Å²) in [6, 6.07) is 7.65. The van der Waals surface area contributed by atoms with Gasteiger partial charge in [0.25, 0.3) is 0 Å². The zero-order chi connectivity index (χ0) is 11.8. The molecule has 2 N–H and O–H groups in total. The van der Waals surface area contributed by atoms with Crippen LogP contribution in [-0.2, 0) is 6.54 Å². The third-order valence-electron chi connectivity index (χ3n) is 3.11. The normalized spacial score (nSPS) is 19.1. The fourth-order valence-electron chi connectivity index (χ4n) is 2.22. The molecule has 0 bridgehead atoms. The van der Waals surface area contributed by atoms with Gasteiger partial charge < -0.3 is 10.3 Å². The highest BCUT2D eigenvalue weighted by atomic mass is 35.5. The summed E-state index contributed by atoms with van der Waals surface area (Å²) in [4.78, 5) is 0. The van der Waals surface area contributed by atoms with Crippen LogP contribution in [0.5, 0.6) is 0 Å². The third-order valence-corrected chi connectivity index (χ3v) is 3.36. The molecule has 1 aliphatic rings. The molecule has 0 aliphatic carbocycles. The molecule has 17 heavy (non-hydrogen) atoms. The van der Waals surface area contributed by atoms with Gasteiger partial charge >= 0.3 is 0 Å². The van der Waals surface area contributed by atoms with E-state index >= 15 is 0 Å². The quantitative estimate of drug-likeness (QED) is 0.843. The number of halogens is 1. The first-order chi connectivity index (χ1) is 8.25. The van der Waals surface area contributed by atoms with Crippen molar-refractivity contribution in [3.8, 4) is 11.4 Å². The first kappa shape index (κ1) is 10.7. The van der Waals surface area contributed by atoms with Crippen molar-refractivity contribution in [2.75, 3.05) is 0 Å². The molecule has 1 aliphatic heterocycles. The van der Waals surface area contributed by atoms with E-state index in [4.69, 9.17) is 17.3 Å². The average molecular weight is 249 g/mol. The highest BCUT2D eigenvalue weighted by Gasteiger charge is 2.22. The number of hydrogen-bond acceptors (Lipinski definition) is 3. The Balaban J connectivity index is 2.07. The minimum absolute atomic E-state index is 0.0114. The lowest BCUT2D eigenvalue weighted by Crippen LogP contribution is -2.22. The SMILES string of the molecule is NC1CCCn2c(-c3ccc(Cl)cc3)nnc21. The molecule has 1 aromatic heterocycles. The highest BCUT2D eigenvalue weighted by Crippen LogP contribution is 2.27. The van der Waals surface area contributed by atoms with Crippen LogP contribution in [0.3, 0.4) is 0 Å². The van der Waals surface area contributed by atoms with Crippen molar-refractivity contribution >= 4 is 11.6 Å². The van der Waals surface area contributed by atoms with E-state index in [1.807, 2.05) is 24.3 Å². The van der Waals surface area contributed by atoms with E-state index < -0.39 is 0 Å². The molecule has 0 saturated heterocycles. The predicted octanol–water partition coefficient (Wildman–Crippen LogP) is 2.39. The van der Waals surface area contributed by atoms with E-state index in [2.05, 4.69) is 14.8 Å². The molecule has 4 nitrogen and oxygen atoms in total. The Morgan fingerprint density at radius 1 is 1.24 bits per heavy atom. The van der Waals surface area contributed by atoms with E-state index in [-0.39, 0.29) is 6.04 Å². The Kier molecular flexibility index (Phi) is 2.61. The molecule has 2 heterocycles.